The van der Waals surface area contributed by atoms with Crippen LogP contribution in [0.2, 0.25) is 0 Å². The van der Waals surface area contributed by atoms with Gasteiger partial charge in [-0.25, -0.2) is 0 Å². The minimum absolute atomic E-state index is 0.0831. The predicted molar refractivity (Wildman–Crippen MR) is 71.1 cm³/mol. The van der Waals surface area contributed by atoms with Gasteiger partial charge in [-0.05, 0) is 12.8 Å². The Morgan fingerprint density at radius 3 is 3.05 bits per heavy atom. The maximum atomic E-state index is 11.9. The van der Waals surface area contributed by atoms with Crippen molar-refractivity contribution in [1.82, 2.24) is 10.1 Å². The molecule has 0 aromatic carbocycles. The average Bonchev–Trinajstić information content (AvgIpc) is 2.80. The van der Waals surface area contributed by atoms with Crippen molar-refractivity contribution in [3.63, 3.8) is 0 Å². The van der Waals surface area contributed by atoms with Gasteiger partial charge in [0.2, 0.25) is 11.8 Å². The number of morpholine rings is 1. The number of carbonyl (C=O) groups is 1. The lowest BCUT2D eigenvalue weighted by Gasteiger charge is -2.32. The van der Waals surface area contributed by atoms with Gasteiger partial charge >= 0.3 is 0 Å². The number of amides is 1. The summed E-state index contributed by atoms with van der Waals surface area (Å²) in [6, 6.07) is 2.03. The molecule has 0 bridgehead atoms. The third kappa shape index (κ3) is 3.78. The first-order valence-corrected chi connectivity index (χ1v) is 6.64. The molecule has 2 heterocycles. The average molecular weight is 267 g/mol. The van der Waals surface area contributed by atoms with Crippen molar-refractivity contribution in [2.75, 3.05) is 31.6 Å². The molecule has 19 heavy (non-hydrogen) atoms. The number of rotatable bonds is 4. The number of nitrogens with one attached hydrogen (secondary N) is 1. The SMILES string of the molecule is CC(C)c1cc(NC(=O)CN2CCOCC2C)on1. The fraction of sp³-hybridized carbons (Fsp3) is 0.692. The Balaban J connectivity index is 1.86. The summed E-state index contributed by atoms with van der Waals surface area (Å²) in [6.45, 7) is 8.59. The molecule has 1 fully saturated rings. The molecular formula is C13H21N3O3. The molecule has 2 rings (SSSR count). The van der Waals surface area contributed by atoms with Gasteiger partial charge in [-0.1, -0.05) is 19.0 Å². The number of nitrogens with zero attached hydrogens (tertiary/aromatic N) is 2. The van der Waals surface area contributed by atoms with E-state index < -0.39 is 0 Å². The summed E-state index contributed by atoms with van der Waals surface area (Å²) in [7, 11) is 0. The summed E-state index contributed by atoms with van der Waals surface area (Å²) in [6.07, 6.45) is 0. The Morgan fingerprint density at radius 1 is 1.63 bits per heavy atom. The fourth-order valence-electron chi connectivity index (χ4n) is 1.98. The molecule has 0 aliphatic carbocycles. The standard InChI is InChI=1S/C13H21N3O3/c1-9(2)11-6-13(19-15-11)14-12(17)7-16-4-5-18-8-10(16)3/h6,9-10H,4-5,7-8H2,1-3H3,(H,14,17). The van der Waals surface area contributed by atoms with Gasteiger partial charge in [0.05, 0.1) is 25.5 Å². The summed E-state index contributed by atoms with van der Waals surface area (Å²) in [5.74, 6) is 0.614. The van der Waals surface area contributed by atoms with Crippen LogP contribution in [0.3, 0.4) is 0 Å². The molecule has 1 aromatic rings. The Kier molecular flexibility index (Phi) is 4.55. The Labute approximate surface area is 113 Å². The van der Waals surface area contributed by atoms with E-state index in [0.717, 1.165) is 12.2 Å². The highest BCUT2D eigenvalue weighted by molar-refractivity contribution is 5.91. The van der Waals surface area contributed by atoms with Gasteiger partial charge in [-0.2, -0.15) is 0 Å². The van der Waals surface area contributed by atoms with Gasteiger partial charge in [0, 0.05) is 18.7 Å². The van der Waals surface area contributed by atoms with E-state index in [0.29, 0.717) is 25.6 Å². The van der Waals surface area contributed by atoms with Crippen molar-refractivity contribution in [2.45, 2.75) is 32.7 Å². The van der Waals surface area contributed by atoms with E-state index in [1.807, 2.05) is 13.8 Å². The monoisotopic (exact) mass is 267 g/mol. The first-order valence-electron chi connectivity index (χ1n) is 6.64. The van der Waals surface area contributed by atoms with Crippen molar-refractivity contribution in [3.05, 3.63) is 11.8 Å². The normalized spacial score (nSPS) is 20.7. The minimum Gasteiger partial charge on any atom is -0.379 e. The second-order valence-corrected chi connectivity index (χ2v) is 5.21. The quantitative estimate of drug-likeness (QED) is 0.894. The molecule has 0 spiro atoms. The highest BCUT2D eigenvalue weighted by Gasteiger charge is 2.21. The van der Waals surface area contributed by atoms with E-state index in [9.17, 15) is 4.79 Å². The predicted octanol–water partition coefficient (Wildman–Crippen LogP) is 1.46. The van der Waals surface area contributed by atoms with Crippen LogP contribution in [0, 0.1) is 0 Å². The number of hydrogen-bond donors (Lipinski definition) is 1. The first kappa shape index (κ1) is 14.0. The van der Waals surface area contributed by atoms with E-state index in [1.54, 1.807) is 6.07 Å². The van der Waals surface area contributed by atoms with Crippen molar-refractivity contribution >= 4 is 11.8 Å². The molecule has 1 saturated heterocycles. The van der Waals surface area contributed by atoms with Crippen LogP contribution >= 0.6 is 0 Å². The van der Waals surface area contributed by atoms with E-state index in [-0.39, 0.29) is 17.9 Å². The van der Waals surface area contributed by atoms with Crippen LogP contribution in [0.5, 0.6) is 0 Å². The third-order valence-electron chi connectivity index (χ3n) is 3.23. The van der Waals surface area contributed by atoms with Crippen molar-refractivity contribution in [3.8, 4) is 0 Å². The molecule has 106 valence electrons. The van der Waals surface area contributed by atoms with Crippen LogP contribution in [-0.2, 0) is 9.53 Å². The minimum atomic E-state index is -0.0831. The Hall–Kier alpha value is -1.40. The van der Waals surface area contributed by atoms with Crippen LogP contribution in [0.25, 0.3) is 0 Å². The maximum absolute atomic E-state index is 11.9. The molecule has 1 aromatic heterocycles. The van der Waals surface area contributed by atoms with E-state index >= 15 is 0 Å². The number of ether oxygens (including phenoxy) is 1. The topological polar surface area (TPSA) is 67.6 Å². The zero-order chi connectivity index (χ0) is 13.8. The first-order chi connectivity index (χ1) is 9.06. The third-order valence-corrected chi connectivity index (χ3v) is 3.23. The summed E-state index contributed by atoms with van der Waals surface area (Å²) in [5.41, 5.74) is 0.843. The van der Waals surface area contributed by atoms with Crippen molar-refractivity contribution < 1.29 is 14.1 Å². The lowest BCUT2D eigenvalue weighted by atomic mass is 10.1. The summed E-state index contributed by atoms with van der Waals surface area (Å²) < 4.78 is 10.4. The largest absolute Gasteiger partial charge is 0.379 e. The van der Waals surface area contributed by atoms with Gasteiger partial charge in [0.15, 0.2) is 0 Å². The number of carbonyl (C=O) groups excluding carboxylic acids is 1. The lowest BCUT2D eigenvalue weighted by molar-refractivity contribution is -0.119. The number of hydrogen-bond acceptors (Lipinski definition) is 5. The summed E-state index contributed by atoms with van der Waals surface area (Å²) in [5, 5.41) is 6.64. The molecule has 0 radical (unpaired) electrons. The van der Waals surface area contributed by atoms with Gasteiger partial charge in [0.1, 0.15) is 0 Å². The molecule has 6 heteroatoms. The van der Waals surface area contributed by atoms with Crippen LogP contribution in [0.1, 0.15) is 32.4 Å². The van der Waals surface area contributed by atoms with Crippen LogP contribution in [0.15, 0.2) is 10.6 Å². The van der Waals surface area contributed by atoms with Crippen LogP contribution in [-0.4, -0.2) is 48.3 Å². The summed E-state index contributed by atoms with van der Waals surface area (Å²) >= 11 is 0. The second-order valence-electron chi connectivity index (χ2n) is 5.21. The fourth-order valence-corrected chi connectivity index (χ4v) is 1.98. The van der Waals surface area contributed by atoms with Crippen molar-refractivity contribution in [2.24, 2.45) is 0 Å². The zero-order valence-electron chi connectivity index (χ0n) is 11.7. The lowest BCUT2D eigenvalue weighted by Crippen LogP contribution is -2.47. The molecule has 1 N–H and O–H groups in total. The molecule has 1 amide bonds. The number of anilines is 1. The molecular weight excluding hydrogens is 246 g/mol. The Morgan fingerprint density at radius 2 is 2.42 bits per heavy atom. The highest BCUT2D eigenvalue weighted by atomic mass is 16.5. The highest BCUT2D eigenvalue weighted by Crippen LogP contribution is 2.17. The smallest absolute Gasteiger partial charge is 0.240 e. The van der Waals surface area contributed by atoms with E-state index in [1.165, 1.54) is 0 Å². The second kappa shape index (κ2) is 6.16. The summed E-state index contributed by atoms with van der Waals surface area (Å²) in [4.78, 5) is 14.0. The van der Waals surface area contributed by atoms with Crippen molar-refractivity contribution in [1.29, 1.82) is 0 Å². The van der Waals surface area contributed by atoms with Gasteiger partial charge in [-0.3, -0.25) is 15.0 Å². The van der Waals surface area contributed by atoms with E-state index in [2.05, 4.69) is 22.3 Å². The molecule has 0 saturated carbocycles. The molecule has 1 atom stereocenters. The van der Waals surface area contributed by atoms with Crippen LogP contribution in [0.4, 0.5) is 5.88 Å². The molecule has 1 aliphatic heterocycles. The van der Waals surface area contributed by atoms with Crippen LogP contribution < -0.4 is 5.32 Å². The number of aromatic nitrogens is 1. The van der Waals surface area contributed by atoms with Gasteiger partial charge in [-0.15, -0.1) is 0 Å². The molecule has 1 aliphatic rings. The molecule has 6 nitrogen and oxygen atoms in total. The molecule has 1 unspecified atom stereocenters. The zero-order valence-corrected chi connectivity index (χ0v) is 11.7. The Bertz CT molecular complexity index is 431. The van der Waals surface area contributed by atoms with Gasteiger partial charge in [0.25, 0.3) is 0 Å². The van der Waals surface area contributed by atoms with E-state index in [4.69, 9.17) is 9.26 Å². The van der Waals surface area contributed by atoms with Gasteiger partial charge < -0.3 is 9.26 Å². The maximum Gasteiger partial charge on any atom is 0.240 e.